The summed E-state index contributed by atoms with van der Waals surface area (Å²) in [6, 6.07) is 5.28. The third-order valence-corrected chi connectivity index (χ3v) is 4.34. The molecule has 0 aliphatic heterocycles. The standard InChI is InChI=1S/C23H30BrN3O5/c1-21(2,3)31-19(28)27(20(29)32-22(4,5)6)18-17(13-16(24)14-26-18)30-23(7,8)15-9-11-25-12-10-15/h9-14H,1-8H3. The van der Waals surface area contributed by atoms with Crippen LogP contribution < -0.4 is 9.64 Å². The largest absolute Gasteiger partial charge is 0.479 e. The van der Waals surface area contributed by atoms with Crippen LogP contribution in [0.3, 0.4) is 0 Å². The van der Waals surface area contributed by atoms with Crippen molar-refractivity contribution in [3.8, 4) is 5.75 Å². The molecule has 0 N–H and O–H groups in total. The molecule has 8 nitrogen and oxygen atoms in total. The number of halogens is 1. The Balaban J connectivity index is 2.56. The number of anilines is 1. The Bertz CT molecular complexity index is 938. The van der Waals surface area contributed by atoms with Crippen molar-refractivity contribution in [1.82, 2.24) is 9.97 Å². The first-order valence-electron chi connectivity index (χ1n) is 10.1. The zero-order valence-corrected chi connectivity index (χ0v) is 21.3. The molecule has 0 saturated carbocycles. The summed E-state index contributed by atoms with van der Waals surface area (Å²) in [7, 11) is 0. The number of carbonyl (C=O) groups excluding carboxylic acids is 2. The summed E-state index contributed by atoms with van der Waals surface area (Å²) in [4.78, 5) is 35.2. The highest BCUT2D eigenvalue weighted by molar-refractivity contribution is 9.10. The smallest absolute Gasteiger partial charge is 0.425 e. The second-order valence-electron chi connectivity index (χ2n) is 9.62. The molecular formula is C23H30BrN3O5. The van der Waals surface area contributed by atoms with Crippen LogP contribution in [-0.4, -0.2) is 33.4 Å². The van der Waals surface area contributed by atoms with Crippen molar-refractivity contribution in [2.45, 2.75) is 72.2 Å². The molecule has 0 aliphatic carbocycles. The van der Waals surface area contributed by atoms with Gasteiger partial charge in [0.2, 0.25) is 0 Å². The fraction of sp³-hybridized carbons (Fsp3) is 0.478. The summed E-state index contributed by atoms with van der Waals surface area (Å²) in [6.07, 6.45) is 2.94. The molecule has 2 amide bonds. The second kappa shape index (κ2) is 9.44. The van der Waals surface area contributed by atoms with Gasteiger partial charge in [-0.1, -0.05) is 0 Å². The van der Waals surface area contributed by atoms with Crippen molar-refractivity contribution in [3.05, 3.63) is 46.8 Å². The van der Waals surface area contributed by atoms with Crippen LogP contribution >= 0.6 is 15.9 Å². The van der Waals surface area contributed by atoms with Crippen LogP contribution in [0.1, 0.15) is 61.0 Å². The Morgan fingerprint density at radius 2 is 1.41 bits per heavy atom. The highest BCUT2D eigenvalue weighted by Gasteiger charge is 2.37. The van der Waals surface area contributed by atoms with Crippen molar-refractivity contribution >= 4 is 33.9 Å². The van der Waals surface area contributed by atoms with Crippen molar-refractivity contribution in [2.24, 2.45) is 0 Å². The highest BCUT2D eigenvalue weighted by Crippen LogP contribution is 2.36. The number of hydrogen-bond donors (Lipinski definition) is 0. The molecule has 0 saturated heterocycles. The SMILES string of the molecule is CC(C)(C)OC(=O)N(C(=O)OC(C)(C)C)c1ncc(Br)cc1OC(C)(C)c1ccncc1. The first-order chi connectivity index (χ1) is 14.6. The van der Waals surface area contributed by atoms with Gasteiger partial charge in [0, 0.05) is 23.1 Å². The molecule has 0 aliphatic rings. The van der Waals surface area contributed by atoms with E-state index in [1.165, 1.54) is 6.20 Å². The number of amides is 2. The summed E-state index contributed by atoms with van der Waals surface area (Å²) >= 11 is 3.38. The number of hydrogen-bond acceptors (Lipinski definition) is 7. The van der Waals surface area contributed by atoms with Gasteiger partial charge >= 0.3 is 12.2 Å². The van der Waals surface area contributed by atoms with Crippen molar-refractivity contribution in [1.29, 1.82) is 0 Å². The molecule has 0 spiro atoms. The summed E-state index contributed by atoms with van der Waals surface area (Å²) in [6.45, 7) is 14.0. The average molecular weight is 508 g/mol. The lowest BCUT2D eigenvalue weighted by Crippen LogP contribution is -2.44. The van der Waals surface area contributed by atoms with E-state index in [1.54, 1.807) is 60.0 Å². The summed E-state index contributed by atoms with van der Waals surface area (Å²) < 4.78 is 17.8. The van der Waals surface area contributed by atoms with Crippen LogP contribution in [0.25, 0.3) is 0 Å². The van der Waals surface area contributed by atoms with Gasteiger partial charge in [-0.25, -0.2) is 14.6 Å². The van der Waals surface area contributed by atoms with Crippen LogP contribution in [0, 0.1) is 0 Å². The molecule has 2 rings (SSSR count). The Hall–Kier alpha value is -2.68. The average Bonchev–Trinajstić information content (AvgIpc) is 2.61. The molecule has 0 aromatic carbocycles. The number of nitrogens with zero attached hydrogens (tertiary/aromatic N) is 3. The van der Waals surface area contributed by atoms with Gasteiger partial charge in [0.15, 0.2) is 11.6 Å². The van der Waals surface area contributed by atoms with Gasteiger partial charge in [0.25, 0.3) is 0 Å². The summed E-state index contributed by atoms with van der Waals surface area (Å²) in [5.41, 5.74) is -1.67. The lowest BCUT2D eigenvalue weighted by Gasteiger charge is -2.31. The van der Waals surface area contributed by atoms with Gasteiger partial charge in [0.05, 0.1) is 0 Å². The molecule has 9 heteroatoms. The van der Waals surface area contributed by atoms with Crippen LogP contribution in [0.2, 0.25) is 0 Å². The normalized spacial score (nSPS) is 12.2. The maximum atomic E-state index is 13.0. The van der Waals surface area contributed by atoms with Crippen LogP contribution in [0.4, 0.5) is 15.4 Å². The molecule has 0 unspecified atom stereocenters. The third-order valence-electron chi connectivity index (χ3n) is 3.90. The van der Waals surface area contributed by atoms with E-state index in [-0.39, 0.29) is 11.6 Å². The third kappa shape index (κ3) is 7.19. The predicted molar refractivity (Wildman–Crippen MR) is 125 cm³/mol. The van der Waals surface area contributed by atoms with Crippen LogP contribution in [0.5, 0.6) is 5.75 Å². The maximum absolute atomic E-state index is 13.0. The number of pyridine rings is 2. The molecule has 0 bridgehead atoms. The lowest BCUT2D eigenvalue weighted by atomic mass is 9.99. The zero-order valence-electron chi connectivity index (χ0n) is 19.7. The molecule has 2 heterocycles. The van der Waals surface area contributed by atoms with E-state index in [2.05, 4.69) is 25.9 Å². The van der Waals surface area contributed by atoms with E-state index in [0.717, 1.165) is 10.5 Å². The fourth-order valence-corrected chi connectivity index (χ4v) is 2.92. The maximum Gasteiger partial charge on any atom is 0.425 e. The number of aromatic nitrogens is 2. The monoisotopic (exact) mass is 507 g/mol. The molecule has 0 atom stereocenters. The lowest BCUT2D eigenvalue weighted by molar-refractivity contribution is 0.0422. The fourth-order valence-electron chi connectivity index (χ4n) is 2.61. The van der Waals surface area contributed by atoms with Crippen LogP contribution in [-0.2, 0) is 15.1 Å². The van der Waals surface area contributed by atoms with E-state index in [0.29, 0.717) is 4.47 Å². The van der Waals surface area contributed by atoms with Gasteiger partial charge in [-0.05, 0) is 95.1 Å². The minimum Gasteiger partial charge on any atom is -0.479 e. The quantitative estimate of drug-likeness (QED) is 0.484. The van der Waals surface area contributed by atoms with E-state index < -0.39 is 29.0 Å². The first kappa shape index (κ1) is 25.6. The van der Waals surface area contributed by atoms with E-state index >= 15 is 0 Å². The molecule has 2 aromatic heterocycles. The Morgan fingerprint density at radius 3 is 1.88 bits per heavy atom. The number of carbonyl (C=O) groups is 2. The molecule has 2 aromatic rings. The minimum absolute atomic E-state index is 0.0427. The van der Waals surface area contributed by atoms with Gasteiger partial charge in [-0.15, -0.1) is 0 Å². The topological polar surface area (TPSA) is 90.9 Å². The minimum atomic E-state index is -0.923. The molecule has 32 heavy (non-hydrogen) atoms. The second-order valence-corrected chi connectivity index (χ2v) is 10.5. The van der Waals surface area contributed by atoms with Crippen molar-refractivity contribution in [2.75, 3.05) is 4.90 Å². The van der Waals surface area contributed by atoms with Crippen LogP contribution in [0.15, 0.2) is 41.3 Å². The molecule has 174 valence electrons. The van der Waals surface area contributed by atoms with Crippen molar-refractivity contribution < 1.29 is 23.8 Å². The van der Waals surface area contributed by atoms with E-state index in [4.69, 9.17) is 14.2 Å². The number of imide groups is 1. The number of rotatable bonds is 4. The first-order valence-corrected chi connectivity index (χ1v) is 10.9. The van der Waals surface area contributed by atoms with Gasteiger partial charge in [-0.3, -0.25) is 4.98 Å². The Kier molecular flexibility index (Phi) is 7.55. The van der Waals surface area contributed by atoms with E-state index in [9.17, 15) is 9.59 Å². The highest BCUT2D eigenvalue weighted by atomic mass is 79.9. The van der Waals surface area contributed by atoms with Crippen molar-refractivity contribution in [3.63, 3.8) is 0 Å². The van der Waals surface area contributed by atoms with Gasteiger partial charge < -0.3 is 14.2 Å². The summed E-state index contributed by atoms with van der Waals surface area (Å²) in [5.74, 6) is 0.150. The van der Waals surface area contributed by atoms with E-state index in [1.807, 2.05) is 26.0 Å². The molecule has 0 radical (unpaired) electrons. The summed E-state index contributed by atoms with van der Waals surface area (Å²) in [5, 5.41) is 0. The Morgan fingerprint density at radius 1 is 0.906 bits per heavy atom. The number of ether oxygens (including phenoxy) is 3. The Labute approximate surface area is 197 Å². The predicted octanol–water partition coefficient (Wildman–Crippen LogP) is 6.23. The van der Waals surface area contributed by atoms with Gasteiger partial charge in [0.1, 0.15) is 16.8 Å². The van der Waals surface area contributed by atoms with Gasteiger partial charge in [-0.2, -0.15) is 4.90 Å². The molecule has 0 fully saturated rings. The zero-order chi connectivity index (χ0) is 24.3. The molecular weight excluding hydrogens is 478 g/mol.